The molecule has 0 saturated carbocycles. The summed E-state index contributed by atoms with van der Waals surface area (Å²) in [5.41, 5.74) is 4.05. The largest absolute Gasteiger partial charge is 0.300 e. The summed E-state index contributed by atoms with van der Waals surface area (Å²) in [6, 6.07) is 6.83. The van der Waals surface area contributed by atoms with E-state index in [1.807, 2.05) is 0 Å². The second-order valence-electron chi connectivity index (χ2n) is 5.95. The Kier molecular flexibility index (Phi) is 8.25. The molecule has 1 nitrogen and oxygen atoms in total. The molecule has 0 aromatic heterocycles. The zero-order chi connectivity index (χ0) is 14.8. The summed E-state index contributed by atoms with van der Waals surface area (Å²) in [6.45, 7) is 6.16. The quantitative estimate of drug-likeness (QED) is 0.530. The molecule has 0 aliphatic rings. The van der Waals surface area contributed by atoms with E-state index in [1.165, 1.54) is 55.2 Å². The van der Waals surface area contributed by atoms with Crippen molar-refractivity contribution in [2.45, 2.75) is 78.6 Å². The lowest BCUT2D eigenvalue weighted by atomic mass is 9.96. The third-order valence-electron chi connectivity index (χ3n) is 3.70. The Hall–Kier alpha value is -1.11. The number of unbranched alkanes of at least 4 members (excludes halogenated alkanes) is 4. The third kappa shape index (κ3) is 6.88. The number of Topliss-reactive ketones (excluding diaryl/α,β-unsaturated/α-hetero) is 1. The minimum Gasteiger partial charge on any atom is -0.300 e. The van der Waals surface area contributed by atoms with Crippen LogP contribution in [0, 0.1) is 0 Å². The number of aryl methyl sites for hydroxylation is 2. The van der Waals surface area contributed by atoms with E-state index in [1.54, 1.807) is 6.92 Å². The SMILES string of the molecule is CCCCCc1cc(CCCCC)cc(CC(C)=O)c1. The summed E-state index contributed by atoms with van der Waals surface area (Å²) in [5.74, 6) is 0.259. The van der Waals surface area contributed by atoms with Crippen molar-refractivity contribution in [2.24, 2.45) is 0 Å². The van der Waals surface area contributed by atoms with Gasteiger partial charge in [-0.05, 0) is 49.3 Å². The number of ketones is 1. The van der Waals surface area contributed by atoms with Gasteiger partial charge in [0.25, 0.3) is 0 Å². The summed E-state index contributed by atoms with van der Waals surface area (Å²) in [7, 11) is 0. The molecule has 0 fully saturated rings. The van der Waals surface area contributed by atoms with Crippen LogP contribution in [0.2, 0.25) is 0 Å². The molecule has 1 rings (SSSR count). The first-order chi connectivity index (χ1) is 9.65. The fourth-order valence-corrected chi connectivity index (χ4v) is 2.68. The fraction of sp³-hybridized carbons (Fsp3) is 0.632. The average Bonchev–Trinajstić information content (AvgIpc) is 2.38. The van der Waals surface area contributed by atoms with Crippen molar-refractivity contribution in [1.29, 1.82) is 0 Å². The van der Waals surface area contributed by atoms with Gasteiger partial charge in [-0.15, -0.1) is 0 Å². The molecular weight excluding hydrogens is 244 g/mol. The predicted octanol–water partition coefficient (Wildman–Crippen LogP) is 5.28. The number of hydrogen-bond donors (Lipinski definition) is 0. The zero-order valence-electron chi connectivity index (χ0n) is 13.5. The maximum Gasteiger partial charge on any atom is 0.134 e. The van der Waals surface area contributed by atoms with Crippen molar-refractivity contribution < 1.29 is 4.79 Å². The third-order valence-corrected chi connectivity index (χ3v) is 3.70. The van der Waals surface area contributed by atoms with E-state index in [0.717, 1.165) is 12.8 Å². The number of carbonyl (C=O) groups excluding carboxylic acids is 1. The van der Waals surface area contributed by atoms with Crippen LogP contribution in [0.25, 0.3) is 0 Å². The highest BCUT2D eigenvalue weighted by molar-refractivity contribution is 5.78. The van der Waals surface area contributed by atoms with Gasteiger partial charge in [0.2, 0.25) is 0 Å². The van der Waals surface area contributed by atoms with Gasteiger partial charge in [-0.2, -0.15) is 0 Å². The van der Waals surface area contributed by atoms with Gasteiger partial charge in [0.15, 0.2) is 0 Å². The molecule has 0 amide bonds. The van der Waals surface area contributed by atoms with Gasteiger partial charge in [0.05, 0.1) is 0 Å². The maximum absolute atomic E-state index is 11.4. The highest BCUT2D eigenvalue weighted by Crippen LogP contribution is 2.16. The van der Waals surface area contributed by atoms with Crippen molar-refractivity contribution >= 4 is 5.78 Å². The monoisotopic (exact) mass is 274 g/mol. The van der Waals surface area contributed by atoms with Gasteiger partial charge in [-0.1, -0.05) is 57.7 Å². The second-order valence-corrected chi connectivity index (χ2v) is 5.95. The minimum absolute atomic E-state index is 0.259. The van der Waals surface area contributed by atoms with Crippen LogP contribution >= 0.6 is 0 Å². The van der Waals surface area contributed by atoms with Crippen LogP contribution in [-0.2, 0) is 24.1 Å². The maximum atomic E-state index is 11.4. The van der Waals surface area contributed by atoms with Gasteiger partial charge in [-0.3, -0.25) is 4.79 Å². The Morgan fingerprint density at radius 3 is 1.65 bits per heavy atom. The Morgan fingerprint density at radius 1 is 0.800 bits per heavy atom. The van der Waals surface area contributed by atoms with Crippen LogP contribution in [0.4, 0.5) is 0 Å². The lowest BCUT2D eigenvalue weighted by molar-refractivity contribution is -0.116. The standard InChI is InChI=1S/C19H30O/c1-4-6-8-10-17-13-18(11-9-7-5-2)15-19(14-17)12-16(3)20/h13-15H,4-12H2,1-3H3. The molecule has 1 aromatic carbocycles. The van der Waals surface area contributed by atoms with E-state index < -0.39 is 0 Å². The second kappa shape index (κ2) is 9.74. The number of rotatable bonds is 10. The smallest absolute Gasteiger partial charge is 0.134 e. The van der Waals surface area contributed by atoms with Gasteiger partial charge in [0, 0.05) is 6.42 Å². The summed E-state index contributed by atoms with van der Waals surface area (Å²) in [4.78, 5) is 11.4. The molecule has 1 aromatic rings. The van der Waals surface area contributed by atoms with E-state index in [0.29, 0.717) is 6.42 Å². The normalized spacial score (nSPS) is 10.8. The summed E-state index contributed by atoms with van der Waals surface area (Å²) in [5, 5.41) is 0. The number of carbonyl (C=O) groups is 1. The van der Waals surface area contributed by atoms with E-state index in [2.05, 4.69) is 32.0 Å². The first kappa shape index (κ1) is 16.9. The molecule has 0 N–H and O–H groups in total. The molecule has 0 aliphatic carbocycles. The highest BCUT2D eigenvalue weighted by atomic mass is 16.1. The molecular formula is C19H30O. The van der Waals surface area contributed by atoms with Gasteiger partial charge < -0.3 is 0 Å². The van der Waals surface area contributed by atoms with Crippen molar-refractivity contribution in [2.75, 3.05) is 0 Å². The minimum atomic E-state index is 0.259. The van der Waals surface area contributed by atoms with Crippen LogP contribution in [0.3, 0.4) is 0 Å². The lowest BCUT2D eigenvalue weighted by Gasteiger charge is -2.09. The summed E-state index contributed by atoms with van der Waals surface area (Å²) >= 11 is 0. The van der Waals surface area contributed by atoms with Crippen molar-refractivity contribution in [3.8, 4) is 0 Å². The first-order valence-electron chi connectivity index (χ1n) is 8.26. The summed E-state index contributed by atoms with van der Waals surface area (Å²) in [6.07, 6.45) is 10.5. The topological polar surface area (TPSA) is 17.1 Å². The van der Waals surface area contributed by atoms with Crippen LogP contribution < -0.4 is 0 Å². The van der Waals surface area contributed by atoms with Crippen LogP contribution in [0.5, 0.6) is 0 Å². The number of hydrogen-bond acceptors (Lipinski definition) is 1. The molecule has 0 aliphatic heterocycles. The molecule has 0 bridgehead atoms. The summed E-state index contributed by atoms with van der Waals surface area (Å²) < 4.78 is 0. The van der Waals surface area contributed by atoms with E-state index in [-0.39, 0.29) is 5.78 Å². The molecule has 0 saturated heterocycles. The molecule has 0 unspecified atom stereocenters. The highest BCUT2D eigenvalue weighted by Gasteiger charge is 2.04. The van der Waals surface area contributed by atoms with Crippen LogP contribution in [0.1, 0.15) is 76.0 Å². The number of benzene rings is 1. The molecule has 0 radical (unpaired) electrons. The van der Waals surface area contributed by atoms with E-state index >= 15 is 0 Å². The molecule has 0 heterocycles. The Labute approximate surface area is 124 Å². The zero-order valence-corrected chi connectivity index (χ0v) is 13.5. The predicted molar refractivity (Wildman–Crippen MR) is 87.3 cm³/mol. The van der Waals surface area contributed by atoms with Crippen molar-refractivity contribution in [3.63, 3.8) is 0 Å². The van der Waals surface area contributed by atoms with Gasteiger partial charge in [-0.25, -0.2) is 0 Å². The molecule has 0 spiro atoms. The van der Waals surface area contributed by atoms with Gasteiger partial charge in [0.1, 0.15) is 5.78 Å². The molecule has 0 atom stereocenters. The molecule has 1 heteroatoms. The Balaban J connectivity index is 2.74. The molecule has 20 heavy (non-hydrogen) atoms. The Morgan fingerprint density at radius 2 is 1.25 bits per heavy atom. The average molecular weight is 274 g/mol. The van der Waals surface area contributed by atoms with Crippen LogP contribution in [0.15, 0.2) is 18.2 Å². The van der Waals surface area contributed by atoms with Crippen molar-refractivity contribution in [3.05, 3.63) is 34.9 Å². The molecule has 112 valence electrons. The Bertz CT molecular complexity index is 378. The van der Waals surface area contributed by atoms with Crippen LogP contribution in [-0.4, -0.2) is 5.78 Å². The lowest BCUT2D eigenvalue weighted by Crippen LogP contribution is -2.00. The van der Waals surface area contributed by atoms with E-state index in [9.17, 15) is 4.79 Å². The van der Waals surface area contributed by atoms with E-state index in [4.69, 9.17) is 0 Å². The first-order valence-corrected chi connectivity index (χ1v) is 8.26. The fourth-order valence-electron chi connectivity index (χ4n) is 2.68. The van der Waals surface area contributed by atoms with Crippen molar-refractivity contribution in [1.82, 2.24) is 0 Å². The van der Waals surface area contributed by atoms with Gasteiger partial charge >= 0.3 is 0 Å².